The summed E-state index contributed by atoms with van der Waals surface area (Å²) in [6.45, 7) is 3.95. The van der Waals surface area contributed by atoms with Crippen molar-refractivity contribution < 1.29 is 0 Å². The third-order valence-electron chi connectivity index (χ3n) is 4.62. The zero-order valence-corrected chi connectivity index (χ0v) is 18.4. The van der Waals surface area contributed by atoms with Gasteiger partial charge in [0.25, 0.3) is 5.56 Å². The number of aryl methyl sites for hydroxylation is 1. The SMILES string of the molecule is Cc1ccc2[nH]c(=O)c(CN(CCN(C)C)C(=S)Nc3cccc(Cl)c3)cc2c1. The molecule has 0 saturated heterocycles. The van der Waals surface area contributed by atoms with Crippen LogP contribution in [0.1, 0.15) is 11.1 Å². The number of pyridine rings is 1. The quantitative estimate of drug-likeness (QED) is 0.575. The standard InChI is InChI=1S/C22H25ClN4OS/c1-15-7-8-20-16(11-15)12-17(21(28)25-20)14-27(10-9-26(2)3)22(29)24-19-6-4-5-18(23)13-19/h4-8,11-13H,9-10,14H2,1-3H3,(H,24,29)(H,25,28). The smallest absolute Gasteiger partial charge is 0.253 e. The van der Waals surface area contributed by atoms with E-state index in [-0.39, 0.29) is 5.56 Å². The minimum atomic E-state index is -0.0956. The Morgan fingerprint density at radius 2 is 1.93 bits per heavy atom. The maximum absolute atomic E-state index is 12.6. The van der Waals surface area contributed by atoms with Crippen LogP contribution in [0.4, 0.5) is 5.69 Å². The molecule has 0 aliphatic rings. The van der Waals surface area contributed by atoms with E-state index in [1.807, 2.05) is 68.4 Å². The molecule has 2 N–H and O–H groups in total. The molecule has 3 rings (SSSR count). The summed E-state index contributed by atoms with van der Waals surface area (Å²) in [6.07, 6.45) is 0. The van der Waals surface area contributed by atoms with Crippen LogP contribution in [0.3, 0.4) is 0 Å². The van der Waals surface area contributed by atoms with E-state index >= 15 is 0 Å². The molecule has 5 nitrogen and oxygen atoms in total. The Hall–Kier alpha value is -2.41. The molecule has 1 aromatic heterocycles. The largest absolute Gasteiger partial charge is 0.343 e. The number of nitrogens with one attached hydrogen (secondary N) is 2. The zero-order chi connectivity index (χ0) is 21.0. The van der Waals surface area contributed by atoms with Crippen molar-refractivity contribution in [2.24, 2.45) is 0 Å². The normalized spacial score (nSPS) is 11.1. The third-order valence-corrected chi connectivity index (χ3v) is 5.21. The number of fused-ring (bicyclic) bond motifs is 1. The molecule has 0 radical (unpaired) electrons. The van der Waals surface area contributed by atoms with Crippen LogP contribution >= 0.6 is 23.8 Å². The Morgan fingerprint density at radius 1 is 1.14 bits per heavy atom. The van der Waals surface area contributed by atoms with E-state index in [1.165, 1.54) is 0 Å². The van der Waals surface area contributed by atoms with Gasteiger partial charge < -0.3 is 20.1 Å². The summed E-state index contributed by atoms with van der Waals surface area (Å²) in [4.78, 5) is 19.7. The number of hydrogen-bond donors (Lipinski definition) is 2. The van der Waals surface area contributed by atoms with Gasteiger partial charge in [-0.1, -0.05) is 29.3 Å². The van der Waals surface area contributed by atoms with Gasteiger partial charge in [0.05, 0.1) is 6.54 Å². The first-order valence-corrected chi connectivity index (χ1v) is 10.2. The molecule has 0 aliphatic heterocycles. The van der Waals surface area contributed by atoms with Crippen LogP contribution in [0, 0.1) is 6.92 Å². The van der Waals surface area contributed by atoms with Crippen molar-refractivity contribution in [3.8, 4) is 0 Å². The predicted molar refractivity (Wildman–Crippen MR) is 126 cm³/mol. The number of H-pyrrole nitrogens is 1. The Morgan fingerprint density at radius 3 is 2.66 bits per heavy atom. The van der Waals surface area contributed by atoms with Gasteiger partial charge in [-0.2, -0.15) is 0 Å². The number of aromatic amines is 1. The number of likely N-dealkylation sites (N-methyl/N-ethyl adjacent to an activating group) is 1. The number of rotatable bonds is 6. The monoisotopic (exact) mass is 428 g/mol. The average Bonchev–Trinajstić information content (AvgIpc) is 2.65. The van der Waals surface area contributed by atoms with Crippen LogP contribution in [0.25, 0.3) is 10.9 Å². The third kappa shape index (κ3) is 5.79. The summed E-state index contributed by atoms with van der Waals surface area (Å²) < 4.78 is 0. The maximum atomic E-state index is 12.6. The van der Waals surface area contributed by atoms with E-state index in [0.717, 1.165) is 28.7 Å². The van der Waals surface area contributed by atoms with Gasteiger partial charge in [-0.05, 0) is 75.0 Å². The highest BCUT2D eigenvalue weighted by Crippen LogP contribution is 2.17. The highest BCUT2D eigenvalue weighted by molar-refractivity contribution is 7.80. The van der Waals surface area contributed by atoms with Crippen molar-refractivity contribution in [1.29, 1.82) is 0 Å². The number of aromatic nitrogens is 1. The molecule has 0 saturated carbocycles. The molecule has 0 fully saturated rings. The molecule has 2 aromatic carbocycles. The van der Waals surface area contributed by atoms with Crippen molar-refractivity contribution in [2.75, 3.05) is 32.5 Å². The molecule has 3 aromatic rings. The highest BCUT2D eigenvalue weighted by atomic mass is 35.5. The second-order valence-corrected chi connectivity index (χ2v) is 8.20. The zero-order valence-electron chi connectivity index (χ0n) is 16.8. The lowest BCUT2D eigenvalue weighted by molar-refractivity contribution is 0.327. The summed E-state index contributed by atoms with van der Waals surface area (Å²) in [5.74, 6) is 0. The van der Waals surface area contributed by atoms with E-state index in [0.29, 0.717) is 28.8 Å². The van der Waals surface area contributed by atoms with E-state index in [1.54, 1.807) is 0 Å². The van der Waals surface area contributed by atoms with Gasteiger partial charge in [0.15, 0.2) is 5.11 Å². The second kappa shape index (κ2) is 9.39. The van der Waals surface area contributed by atoms with E-state index in [9.17, 15) is 4.79 Å². The van der Waals surface area contributed by atoms with Crippen molar-refractivity contribution in [3.63, 3.8) is 0 Å². The maximum Gasteiger partial charge on any atom is 0.253 e. The number of anilines is 1. The van der Waals surface area contributed by atoms with Gasteiger partial charge >= 0.3 is 0 Å². The summed E-state index contributed by atoms with van der Waals surface area (Å²) in [6, 6.07) is 15.4. The Bertz CT molecular complexity index is 1080. The first-order valence-electron chi connectivity index (χ1n) is 9.40. The number of thiocarbonyl (C=S) groups is 1. The summed E-state index contributed by atoms with van der Waals surface area (Å²) in [5, 5.41) is 5.44. The Balaban J connectivity index is 1.86. The summed E-state index contributed by atoms with van der Waals surface area (Å²) >= 11 is 11.7. The second-order valence-electron chi connectivity index (χ2n) is 7.38. The first-order chi connectivity index (χ1) is 13.8. The summed E-state index contributed by atoms with van der Waals surface area (Å²) in [5.41, 5.74) is 3.39. The van der Waals surface area contributed by atoms with Gasteiger partial charge in [-0.15, -0.1) is 0 Å². The highest BCUT2D eigenvalue weighted by Gasteiger charge is 2.14. The number of halogens is 1. The van der Waals surface area contributed by atoms with Gasteiger partial charge in [0, 0.05) is 34.9 Å². The van der Waals surface area contributed by atoms with Crippen molar-refractivity contribution in [1.82, 2.24) is 14.8 Å². The van der Waals surface area contributed by atoms with Crippen LogP contribution in [0.5, 0.6) is 0 Å². The fourth-order valence-electron chi connectivity index (χ4n) is 3.04. The molecular weight excluding hydrogens is 404 g/mol. The molecule has 1 heterocycles. The van der Waals surface area contributed by atoms with E-state index in [2.05, 4.69) is 21.3 Å². The van der Waals surface area contributed by atoms with Crippen LogP contribution in [-0.4, -0.2) is 47.1 Å². The molecule has 0 aliphatic carbocycles. The molecule has 152 valence electrons. The minimum absolute atomic E-state index is 0.0956. The molecule has 7 heteroatoms. The fraction of sp³-hybridized carbons (Fsp3) is 0.273. The van der Waals surface area contributed by atoms with Gasteiger partial charge in [0.2, 0.25) is 0 Å². The fourth-order valence-corrected chi connectivity index (χ4v) is 3.50. The predicted octanol–water partition coefficient (Wildman–Crippen LogP) is 4.25. The number of benzene rings is 2. The topological polar surface area (TPSA) is 51.4 Å². The van der Waals surface area contributed by atoms with Crippen molar-refractivity contribution in [2.45, 2.75) is 13.5 Å². The molecular formula is C22H25ClN4OS. The summed E-state index contributed by atoms with van der Waals surface area (Å²) in [7, 11) is 4.02. The molecule has 0 unspecified atom stereocenters. The Kier molecular flexibility index (Phi) is 6.90. The van der Waals surface area contributed by atoms with Crippen molar-refractivity contribution >= 4 is 45.5 Å². The molecule has 0 spiro atoms. The number of nitrogens with zero attached hydrogens (tertiary/aromatic N) is 2. The van der Waals surface area contributed by atoms with E-state index in [4.69, 9.17) is 23.8 Å². The number of hydrogen-bond acceptors (Lipinski definition) is 3. The lowest BCUT2D eigenvalue weighted by Gasteiger charge is -2.27. The lowest BCUT2D eigenvalue weighted by Crippen LogP contribution is -2.40. The van der Waals surface area contributed by atoms with Crippen LogP contribution in [0.2, 0.25) is 5.02 Å². The average molecular weight is 429 g/mol. The van der Waals surface area contributed by atoms with Crippen LogP contribution < -0.4 is 10.9 Å². The van der Waals surface area contributed by atoms with E-state index < -0.39 is 0 Å². The van der Waals surface area contributed by atoms with Crippen LogP contribution in [-0.2, 0) is 6.54 Å². The lowest BCUT2D eigenvalue weighted by atomic mass is 10.1. The first kappa shape index (κ1) is 21.3. The van der Waals surface area contributed by atoms with Crippen LogP contribution in [0.15, 0.2) is 53.3 Å². The van der Waals surface area contributed by atoms with Crippen molar-refractivity contribution in [3.05, 3.63) is 75.0 Å². The minimum Gasteiger partial charge on any atom is -0.343 e. The molecule has 0 bridgehead atoms. The van der Waals surface area contributed by atoms with Gasteiger partial charge in [0.1, 0.15) is 0 Å². The molecule has 0 amide bonds. The Labute approximate surface area is 181 Å². The molecule has 0 atom stereocenters. The van der Waals surface area contributed by atoms with Gasteiger partial charge in [-0.25, -0.2) is 0 Å². The van der Waals surface area contributed by atoms with Gasteiger partial charge in [-0.3, -0.25) is 4.79 Å². The molecule has 29 heavy (non-hydrogen) atoms.